The number of methoxy groups -OCH3 is 2. The fraction of sp³-hybridized carbons (Fsp3) is 0.222. The number of carbonyl (C=O) groups is 1. The average molecular weight is 345 g/mol. The lowest BCUT2D eigenvalue weighted by Gasteiger charge is -2.22. The van der Waals surface area contributed by atoms with Crippen molar-refractivity contribution in [1.82, 2.24) is 0 Å². The summed E-state index contributed by atoms with van der Waals surface area (Å²) in [6, 6.07) is 13.7. The maximum absolute atomic E-state index is 12.7. The zero-order chi connectivity index (χ0) is 17.7. The molecule has 24 heavy (non-hydrogen) atoms. The molecular weight excluding hydrogens is 328 g/mol. The standard InChI is InChI=1S/C18H17ClN2O3/c1-18(11-20,12-4-6-13(19)7-5-12)17(22)21-15-9-8-14(23-2)10-16(15)24-3/h4-10H,1-3H3,(H,21,22). The maximum atomic E-state index is 12.7. The van der Waals surface area contributed by atoms with E-state index in [0.29, 0.717) is 27.8 Å². The Hall–Kier alpha value is -2.71. The molecule has 0 bridgehead atoms. The molecule has 1 N–H and O–H groups in total. The molecule has 0 spiro atoms. The van der Waals surface area contributed by atoms with Crippen molar-refractivity contribution < 1.29 is 14.3 Å². The van der Waals surface area contributed by atoms with Crippen LogP contribution in [0.4, 0.5) is 5.69 Å². The number of benzene rings is 2. The quantitative estimate of drug-likeness (QED) is 0.896. The molecule has 6 heteroatoms. The lowest BCUT2D eigenvalue weighted by atomic mass is 9.83. The van der Waals surface area contributed by atoms with Crippen LogP contribution in [0, 0.1) is 11.3 Å². The smallest absolute Gasteiger partial charge is 0.249 e. The number of carbonyl (C=O) groups excluding carboxylic acids is 1. The van der Waals surface area contributed by atoms with Gasteiger partial charge in [0.05, 0.1) is 26.0 Å². The number of hydrogen-bond acceptors (Lipinski definition) is 4. The van der Waals surface area contributed by atoms with Gasteiger partial charge in [-0.2, -0.15) is 5.26 Å². The van der Waals surface area contributed by atoms with Gasteiger partial charge in [-0.15, -0.1) is 0 Å². The Kier molecular flexibility index (Phi) is 5.32. The zero-order valence-electron chi connectivity index (χ0n) is 13.6. The van der Waals surface area contributed by atoms with E-state index in [4.69, 9.17) is 21.1 Å². The number of nitrogens with zero attached hydrogens (tertiary/aromatic N) is 1. The van der Waals surface area contributed by atoms with Crippen molar-refractivity contribution in [2.45, 2.75) is 12.3 Å². The van der Waals surface area contributed by atoms with E-state index in [2.05, 4.69) is 11.4 Å². The summed E-state index contributed by atoms with van der Waals surface area (Å²) in [5, 5.41) is 12.9. The van der Waals surface area contributed by atoms with Crippen molar-refractivity contribution in [2.75, 3.05) is 19.5 Å². The molecule has 124 valence electrons. The van der Waals surface area contributed by atoms with Crippen LogP contribution in [0.2, 0.25) is 5.02 Å². The summed E-state index contributed by atoms with van der Waals surface area (Å²) >= 11 is 5.87. The van der Waals surface area contributed by atoms with E-state index in [0.717, 1.165) is 0 Å². The first-order valence-corrected chi connectivity index (χ1v) is 7.53. The largest absolute Gasteiger partial charge is 0.497 e. The van der Waals surface area contributed by atoms with E-state index in [1.54, 1.807) is 56.5 Å². The maximum Gasteiger partial charge on any atom is 0.249 e. The molecule has 5 nitrogen and oxygen atoms in total. The molecule has 0 saturated carbocycles. The Balaban J connectivity index is 2.33. The molecule has 0 fully saturated rings. The van der Waals surface area contributed by atoms with Gasteiger partial charge in [-0.25, -0.2) is 0 Å². The topological polar surface area (TPSA) is 71.3 Å². The fourth-order valence-electron chi connectivity index (χ4n) is 2.18. The number of nitrogens with one attached hydrogen (secondary N) is 1. The summed E-state index contributed by atoms with van der Waals surface area (Å²) in [6.07, 6.45) is 0. The van der Waals surface area contributed by atoms with Crippen molar-refractivity contribution >= 4 is 23.2 Å². The molecule has 0 aromatic heterocycles. The summed E-state index contributed by atoms with van der Waals surface area (Å²) < 4.78 is 10.4. The molecule has 0 aliphatic carbocycles. The molecule has 0 radical (unpaired) electrons. The molecule has 1 atom stereocenters. The van der Waals surface area contributed by atoms with E-state index in [9.17, 15) is 10.1 Å². The molecule has 2 rings (SSSR count). The van der Waals surface area contributed by atoms with Crippen LogP contribution in [-0.4, -0.2) is 20.1 Å². The number of ether oxygens (including phenoxy) is 2. The van der Waals surface area contributed by atoms with Gasteiger partial charge in [0, 0.05) is 11.1 Å². The molecule has 2 aromatic carbocycles. The van der Waals surface area contributed by atoms with Crippen molar-refractivity contribution in [1.29, 1.82) is 5.26 Å². The predicted octanol–water partition coefficient (Wildman–Crippen LogP) is 3.78. The monoisotopic (exact) mass is 344 g/mol. The van der Waals surface area contributed by atoms with Gasteiger partial charge in [0.2, 0.25) is 5.91 Å². The Morgan fingerprint density at radius 3 is 2.38 bits per heavy atom. The Morgan fingerprint density at radius 1 is 1.17 bits per heavy atom. The van der Waals surface area contributed by atoms with Crippen LogP contribution < -0.4 is 14.8 Å². The first-order chi connectivity index (χ1) is 11.4. The molecule has 2 aromatic rings. The summed E-state index contributed by atoms with van der Waals surface area (Å²) in [7, 11) is 3.04. The van der Waals surface area contributed by atoms with Crippen LogP contribution in [0.15, 0.2) is 42.5 Å². The summed E-state index contributed by atoms with van der Waals surface area (Å²) in [5.41, 5.74) is -0.353. The van der Waals surface area contributed by atoms with E-state index in [-0.39, 0.29) is 0 Å². The molecule has 1 amide bonds. The minimum absolute atomic E-state index is 0.444. The predicted molar refractivity (Wildman–Crippen MR) is 92.6 cm³/mol. The number of rotatable bonds is 5. The molecule has 0 heterocycles. The van der Waals surface area contributed by atoms with Gasteiger partial charge in [-0.3, -0.25) is 4.79 Å². The lowest BCUT2D eigenvalue weighted by Crippen LogP contribution is -2.36. The van der Waals surface area contributed by atoms with Crippen LogP contribution in [0.3, 0.4) is 0 Å². The van der Waals surface area contributed by atoms with E-state index < -0.39 is 11.3 Å². The highest BCUT2D eigenvalue weighted by atomic mass is 35.5. The van der Waals surface area contributed by atoms with Gasteiger partial charge in [-0.05, 0) is 36.8 Å². The van der Waals surface area contributed by atoms with Crippen LogP contribution >= 0.6 is 11.6 Å². The number of nitriles is 1. The SMILES string of the molecule is COc1ccc(NC(=O)C(C)(C#N)c2ccc(Cl)cc2)c(OC)c1. The van der Waals surface area contributed by atoms with Crippen LogP contribution in [-0.2, 0) is 10.2 Å². The third-order valence-electron chi connectivity index (χ3n) is 3.76. The third kappa shape index (κ3) is 3.44. The van der Waals surface area contributed by atoms with Crippen LogP contribution in [0.5, 0.6) is 11.5 Å². The zero-order valence-corrected chi connectivity index (χ0v) is 14.3. The second kappa shape index (κ2) is 7.24. The van der Waals surface area contributed by atoms with Gasteiger partial charge in [-0.1, -0.05) is 23.7 Å². The van der Waals surface area contributed by atoms with E-state index in [1.165, 1.54) is 7.11 Å². The first kappa shape index (κ1) is 17.6. The van der Waals surface area contributed by atoms with E-state index in [1.807, 2.05) is 0 Å². The molecule has 0 aliphatic heterocycles. The van der Waals surface area contributed by atoms with Crippen LogP contribution in [0.25, 0.3) is 0 Å². The second-order valence-electron chi connectivity index (χ2n) is 5.26. The highest BCUT2D eigenvalue weighted by Gasteiger charge is 2.36. The minimum Gasteiger partial charge on any atom is -0.497 e. The van der Waals surface area contributed by atoms with Crippen molar-refractivity contribution in [3.05, 3.63) is 53.1 Å². The molecular formula is C18H17ClN2O3. The Morgan fingerprint density at radius 2 is 1.83 bits per heavy atom. The van der Waals surface area contributed by atoms with Gasteiger partial charge in [0.25, 0.3) is 0 Å². The Labute approximate surface area is 145 Å². The van der Waals surface area contributed by atoms with Gasteiger partial charge in [0.15, 0.2) is 5.41 Å². The minimum atomic E-state index is -1.37. The second-order valence-corrected chi connectivity index (χ2v) is 5.70. The number of halogens is 1. The number of amides is 1. The lowest BCUT2D eigenvalue weighted by molar-refractivity contribution is -0.119. The van der Waals surface area contributed by atoms with Crippen molar-refractivity contribution in [2.24, 2.45) is 0 Å². The van der Waals surface area contributed by atoms with Crippen molar-refractivity contribution in [3.8, 4) is 17.6 Å². The summed E-state index contributed by atoms with van der Waals surface area (Å²) in [6.45, 7) is 1.56. The van der Waals surface area contributed by atoms with Crippen LogP contribution in [0.1, 0.15) is 12.5 Å². The normalized spacial score (nSPS) is 12.6. The van der Waals surface area contributed by atoms with Crippen molar-refractivity contribution in [3.63, 3.8) is 0 Å². The number of anilines is 1. The Bertz CT molecular complexity index is 784. The third-order valence-corrected chi connectivity index (χ3v) is 4.01. The molecule has 0 aliphatic rings. The summed E-state index contributed by atoms with van der Waals surface area (Å²) in [5.74, 6) is 0.584. The first-order valence-electron chi connectivity index (χ1n) is 7.15. The fourth-order valence-corrected chi connectivity index (χ4v) is 2.30. The van der Waals surface area contributed by atoms with E-state index >= 15 is 0 Å². The molecule has 1 unspecified atom stereocenters. The number of hydrogen-bond donors (Lipinski definition) is 1. The highest BCUT2D eigenvalue weighted by Crippen LogP contribution is 2.32. The average Bonchev–Trinajstić information content (AvgIpc) is 2.61. The highest BCUT2D eigenvalue weighted by molar-refractivity contribution is 6.30. The van der Waals surface area contributed by atoms with Gasteiger partial charge < -0.3 is 14.8 Å². The molecule has 0 saturated heterocycles. The van der Waals surface area contributed by atoms with Gasteiger partial charge >= 0.3 is 0 Å². The van der Waals surface area contributed by atoms with Gasteiger partial charge in [0.1, 0.15) is 11.5 Å². The summed E-state index contributed by atoms with van der Waals surface area (Å²) in [4.78, 5) is 12.7.